The van der Waals surface area contributed by atoms with Gasteiger partial charge in [0, 0.05) is 23.5 Å². The fraction of sp³-hybridized carbons (Fsp3) is 0.455. The fourth-order valence-corrected chi connectivity index (χ4v) is 3.53. The van der Waals surface area contributed by atoms with Gasteiger partial charge >= 0.3 is 11.9 Å². The molecule has 176 valence electrons. The molecule has 0 unspecified atom stereocenters. The number of pyridine rings is 2. The maximum Gasteiger partial charge on any atom is 0.343 e. The second kappa shape index (κ2) is 11.3. The van der Waals surface area contributed by atoms with Crippen molar-refractivity contribution in [1.29, 1.82) is 0 Å². The quantitative estimate of drug-likeness (QED) is 0.615. The summed E-state index contributed by atoms with van der Waals surface area (Å²) in [5.41, 5.74) is 0.0524. The van der Waals surface area contributed by atoms with Gasteiger partial charge in [0.15, 0.2) is 0 Å². The summed E-state index contributed by atoms with van der Waals surface area (Å²) in [7, 11) is 0. The van der Waals surface area contributed by atoms with E-state index in [-0.39, 0.29) is 35.4 Å². The zero-order valence-corrected chi connectivity index (χ0v) is 20.7. The molecule has 2 aromatic heterocycles. The van der Waals surface area contributed by atoms with Crippen molar-refractivity contribution in [2.24, 2.45) is 0 Å². The topological polar surface area (TPSA) is 108 Å². The highest BCUT2D eigenvalue weighted by Crippen LogP contribution is 2.18. The van der Waals surface area contributed by atoms with Crippen LogP contribution in [-0.2, 0) is 4.74 Å². The van der Waals surface area contributed by atoms with Gasteiger partial charge in [-0.1, -0.05) is 23.2 Å². The van der Waals surface area contributed by atoms with E-state index in [0.717, 1.165) is 0 Å². The second-order valence-corrected chi connectivity index (χ2v) is 8.36. The molecule has 0 saturated carbocycles. The number of halogens is 2. The number of rotatable bonds is 5. The van der Waals surface area contributed by atoms with Gasteiger partial charge in [0.2, 0.25) is 0 Å². The minimum atomic E-state index is -1.25. The van der Waals surface area contributed by atoms with Crippen LogP contribution in [-0.4, -0.2) is 32.8 Å². The number of aromatic carboxylic acids is 1. The van der Waals surface area contributed by atoms with Crippen LogP contribution in [0, 0.1) is 13.8 Å². The van der Waals surface area contributed by atoms with Crippen molar-refractivity contribution in [3.8, 4) is 0 Å². The molecule has 0 atom stereocenters. The van der Waals surface area contributed by atoms with Gasteiger partial charge in [-0.05, 0) is 60.6 Å². The van der Waals surface area contributed by atoms with Gasteiger partial charge in [-0.3, -0.25) is 9.59 Å². The molecule has 2 heterocycles. The average molecular weight is 487 g/mol. The zero-order valence-electron chi connectivity index (χ0n) is 19.2. The largest absolute Gasteiger partial charge is 0.477 e. The van der Waals surface area contributed by atoms with Crippen molar-refractivity contribution in [3.63, 3.8) is 0 Å². The lowest BCUT2D eigenvalue weighted by atomic mass is 10.2. The summed E-state index contributed by atoms with van der Waals surface area (Å²) in [6, 6.07) is 2.39. The van der Waals surface area contributed by atoms with Crippen molar-refractivity contribution >= 4 is 35.1 Å². The Balaban J connectivity index is 0.000000323. The van der Waals surface area contributed by atoms with Crippen molar-refractivity contribution < 1.29 is 19.4 Å². The van der Waals surface area contributed by atoms with E-state index in [1.165, 1.54) is 21.3 Å². The molecule has 0 aliphatic carbocycles. The normalized spacial score (nSPS) is 10.7. The summed E-state index contributed by atoms with van der Waals surface area (Å²) >= 11 is 11.9. The zero-order chi connectivity index (χ0) is 24.9. The summed E-state index contributed by atoms with van der Waals surface area (Å²) in [5, 5.41) is 9.50. The molecule has 2 rings (SSSR count). The van der Waals surface area contributed by atoms with E-state index >= 15 is 0 Å². The molecule has 10 heteroatoms. The number of ether oxygens (including phenoxy) is 1. The first-order valence-corrected chi connectivity index (χ1v) is 10.7. The van der Waals surface area contributed by atoms with Crippen LogP contribution in [0.25, 0.3) is 0 Å². The summed E-state index contributed by atoms with van der Waals surface area (Å²) in [6.45, 7) is 12.7. The van der Waals surface area contributed by atoms with Gasteiger partial charge < -0.3 is 19.0 Å². The van der Waals surface area contributed by atoms with Crippen molar-refractivity contribution in [2.75, 3.05) is 6.61 Å². The van der Waals surface area contributed by atoms with Crippen molar-refractivity contribution in [1.82, 2.24) is 9.13 Å². The highest BCUT2D eigenvalue weighted by molar-refractivity contribution is 6.31. The van der Waals surface area contributed by atoms with E-state index in [0.29, 0.717) is 21.4 Å². The van der Waals surface area contributed by atoms with E-state index in [1.807, 2.05) is 13.8 Å². The Labute approximate surface area is 196 Å². The van der Waals surface area contributed by atoms with Crippen LogP contribution in [0.2, 0.25) is 10.0 Å². The van der Waals surface area contributed by atoms with Crippen LogP contribution < -0.4 is 11.1 Å². The molecule has 0 bridgehead atoms. The van der Waals surface area contributed by atoms with E-state index in [1.54, 1.807) is 34.6 Å². The highest BCUT2D eigenvalue weighted by Gasteiger charge is 2.19. The molecule has 0 fully saturated rings. The SMILES string of the molecule is CCOC(=O)c1cc(Cl)c(C)n(C(C)C)c1=O.Cc1c(Cl)cc(C(=O)O)c(=O)n1C(C)C. The molecule has 8 nitrogen and oxygen atoms in total. The molecule has 0 spiro atoms. The standard InChI is InChI=1S/C12H16ClNO3.C10H12ClNO3/c1-5-17-12(16)9-6-10(13)8(4)14(7(2)3)11(9)15;1-5(2)12-6(3)8(11)4-7(9(12)13)10(14)15/h6-7H,5H2,1-4H3;4-5H,1-3H3,(H,14,15). The smallest absolute Gasteiger partial charge is 0.343 e. The molecule has 2 aromatic rings. The van der Waals surface area contributed by atoms with Gasteiger partial charge in [0.05, 0.1) is 16.7 Å². The number of hydrogen-bond acceptors (Lipinski definition) is 5. The van der Waals surface area contributed by atoms with E-state index in [9.17, 15) is 19.2 Å². The molecular weight excluding hydrogens is 459 g/mol. The average Bonchev–Trinajstić information content (AvgIpc) is 2.67. The third-order valence-corrected chi connectivity index (χ3v) is 5.38. The first-order chi connectivity index (χ1) is 14.8. The van der Waals surface area contributed by atoms with E-state index in [4.69, 9.17) is 33.0 Å². The molecule has 1 N–H and O–H groups in total. The Hall–Kier alpha value is -2.58. The number of esters is 1. The molecule has 0 aromatic carbocycles. The van der Waals surface area contributed by atoms with E-state index < -0.39 is 17.5 Å². The second-order valence-electron chi connectivity index (χ2n) is 7.55. The first-order valence-electron chi connectivity index (χ1n) is 9.99. The maximum atomic E-state index is 12.1. The van der Waals surface area contributed by atoms with Gasteiger partial charge in [-0.15, -0.1) is 0 Å². The Morgan fingerprint density at radius 3 is 1.62 bits per heavy atom. The Kier molecular flexibility index (Phi) is 9.72. The monoisotopic (exact) mass is 486 g/mol. The maximum absolute atomic E-state index is 12.1. The molecular formula is C22H28Cl2N2O6. The molecule has 0 radical (unpaired) electrons. The number of nitrogens with zero attached hydrogens (tertiary/aromatic N) is 2. The van der Waals surface area contributed by atoms with Gasteiger partial charge in [-0.2, -0.15) is 0 Å². The molecule has 0 saturated heterocycles. The van der Waals surface area contributed by atoms with Crippen molar-refractivity contribution in [2.45, 2.75) is 60.5 Å². The lowest BCUT2D eigenvalue weighted by molar-refractivity contribution is 0.0522. The molecule has 0 aliphatic heterocycles. The van der Waals surface area contributed by atoms with Gasteiger partial charge in [-0.25, -0.2) is 9.59 Å². The fourth-order valence-electron chi connectivity index (χ4n) is 3.13. The number of carboxylic acids is 1. The molecule has 0 aliphatic rings. The van der Waals surface area contributed by atoms with Crippen LogP contribution in [0.3, 0.4) is 0 Å². The number of carboxylic acid groups (broad SMARTS) is 1. The lowest BCUT2D eigenvalue weighted by Crippen LogP contribution is -2.30. The van der Waals surface area contributed by atoms with Crippen LogP contribution in [0.1, 0.15) is 78.8 Å². The summed E-state index contributed by atoms with van der Waals surface area (Å²) in [5.74, 6) is -1.88. The first kappa shape index (κ1) is 27.5. The van der Waals surface area contributed by atoms with Crippen LogP contribution >= 0.6 is 23.2 Å². The van der Waals surface area contributed by atoms with Crippen LogP contribution in [0.5, 0.6) is 0 Å². The lowest BCUT2D eigenvalue weighted by Gasteiger charge is -2.16. The summed E-state index contributed by atoms with van der Waals surface area (Å²) < 4.78 is 7.70. The van der Waals surface area contributed by atoms with Gasteiger partial charge in [0.25, 0.3) is 11.1 Å². The predicted octanol–water partition coefficient (Wildman–Crippen LogP) is 4.66. The third-order valence-electron chi connectivity index (χ3n) is 4.61. The Bertz CT molecular complexity index is 1130. The molecule has 32 heavy (non-hydrogen) atoms. The van der Waals surface area contributed by atoms with Crippen LogP contribution in [0.15, 0.2) is 21.7 Å². The summed E-state index contributed by atoms with van der Waals surface area (Å²) in [4.78, 5) is 46.2. The highest BCUT2D eigenvalue weighted by atomic mass is 35.5. The summed E-state index contributed by atoms with van der Waals surface area (Å²) in [6.07, 6.45) is 0. The number of carbonyl (C=O) groups excluding carboxylic acids is 1. The van der Waals surface area contributed by atoms with Gasteiger partial charge in [0.1, 0.15) is 11.1 Å². The van der Waals surface area contributed by atoms with E-state index in [2.05, 4.69) is 0 Å². The number of carbonyl (C=O) groups is 2. The Morgan fingerprint density at radius 2 is 1.28 bits per heavy atom. The van der Waals surface area contributed by atoms with Crippen molar-refractivity contribution in [3.05, 3.63) is 65.4 Å². The predicted molar refractivity (Wildman–Crippen MR) is 125 cm³/mol. The number of hydrogen-bond donors (Lipinski definition) is 1. The minimum Gasteiger partial charge on any atom is -0.477 e. The van der Waals surface area contributed by atoms with Crippen LogP contribution in [0.4, 0.5) is 0 Å². The Morgan fingerprint density at radius 1 is 0.906 bits per heavy atom. The number of aromatic nitrogens is 2. The molecule has 0 amide bonds. The minimum absolute atomic E-state index is 0.0175. The third kappa shape index (κ3) is 6.01.